The molecule has 1 heterocycles. The van der Waals surface area contributed by atoms with E-state index in [1.54, 1.807) is 30.3 Å². The summed E-state index contributed by atoms with van der Waals surface area (Å²) in [7, 11) is -3.34. The smallest absolute Gasteiger partial charge is 0.268 e. The van der Waals surface area contributed by atoms with E-state index in [0.717, 1.165) is 36.2 Å². The summed E-state index contributed by atoms with van der Waals surface area (Å²) in [4.78, 5) is 17.0. The highest BCUT2D eigenvalue weighted by atomic mass is 32.2. The lowest BCUT2D eigenvalue weighted by Gasteiger charge is -2.05. The molecule has 9 heteroatoms. The number of fused-ring (bicyclic) bond motifs is 1. The third-order valence-electron chi connectivity index (χ3n) is 4.33. The van der Waals surface area contributed by atoms with E-state index in [1.165, 1.54) is 18.2 Å². The summed E-state index contributed by atoms with van der Waals surface area (Å²) in [6, 6.07) is 13.6. The van der Waals surface area contributed by atoms with E-state index in [1.807, 2.05) is 6.07 Å². The lowest BCUT2D eigenvalue weighted by atomic mass is 10.1. The molecular formula is C22H21N3O4S2. The summed E-state index contributed by atoms with van der Waals surface area (Å²) in [6.07, 6.45) is 4.64. The molecule has 1 N–H and O–H groups in total. The average Bonchev–Trinajstić information content (AvgIpc) is 3.14. The first-order valence-corrected chi connectivity index (χ1v) is 12.3. The molecule has 0 aliphatic rings. The van der Waals surface area contributed by atoms with Crippen LogP contribution < -0.4 is 10.1 Å². The predicted octanol–water partition coefficient (Wildman–Crippen LogP) is 4.42. The molecule has 7 nitrogen and oxygen atoms in total. The Bertz CT molecular complexity index is 1270. The quantitative estimate of drug-likeness (QED) is 0.306. The number of nitriles is 1. The van der Waals surface area contributed by atoms with Crippen LogP contribution in [0.25, 0.3) is 16.3 Å². The van der Waals surface area contributed by atoms with Gasteiger partial charge in [-0.15, -0.1) is 0 Å². The molecule has 0 fully saturated rings. The van der Waals surface area contributed by atoms with E-state index >= 15 is 0 Å². The zero-order valence-corrected chi connectivity index (χ0v) is 18.7. The van der Waals surface area contributed by atoms with E-state index < -0.39 is 15.7 Å². The van der Waals surface area contributed by atoms with Crippen LogP contribution in [0.1, 0.15) is 25.3 Å². The van der Waals surface area contributed by atoms with Crippen LogP contribution in [0, 0.1) is 11.3 Å². The van der Waals surface area contributed by atoms with Crippen LogP contribution in [-0.2, 0) is 14.6 Å². The Labute approximate surface area is 184 Å². The summed E-state index contributed by atoms with van der Waals surface area (Å²) >= 11 is 1.14. The molecule has 0 saturated carbocycles. The number of thiazole rings is 1. The van der Waals surface area contributed by atoms with Crippen LogP contribution in [0.15, 0.2) is 52.9 Å². The van der Waals surface area contributed by atoms with Gasteiger partial charge in [-0.3, -0.25) is 10.1 Å². The second-order valence-corrected chi connectivity index (χ2v) is 9.86. The molecule has 31 heavy (non-hydrogen) atoms. The average molecular weight is 456 g/mol. The van der Waals surface area contributed by atoms with Crippen molar-refractivity contribution in [3.8, 4) is 11.8 Å². The van der Waals surface area contributed by atoms with Crippen molar-refractivity contribution in [2.45, 2.75) is 24.7 Å². The van der Waals surface area contributed by atoms with Crippen molar-refractivity contribution >= 4 is 48.5 Å². The summed E-state index contributed by atoms with van der Waals surface area (Å²) in [6.45, 7) is 2.73. The van der Waals surface area contributed by atoms with Crippen molar-refractivity contribution in [1.29, 1.82) is 5.26 Å². The molecule has 3 rings (SSSR count). The zero-order valence-electron chi connectivity index (χ0n) is 17.1. The molecule has 1 amide bonds. The fraction of sp³-hybridized carbons (Fsp3) is 0.227. The molecule has 3 aromatic rings. The molecule has 0 aliphatic heterocycles. The van der Waals surface area contributed by atoms with E-state index in [4.69, 9.17) is 4.74 Å². The van der Waals surface area contributed by atoms with Gasteiger partial charge in [0, 0.05) is 6.26 Å². The van der Waals surface area contributed by atoms with Crippen molar-refractivity contribution in [2.75, 3.05) is 18.2 Å². The number of nitrogens with one attached hydrogen (secondary N) is 1. The Morgan fingerprint density at radius 3 is 2.65 bits per heavy atom. The first-order valence-electron chi connectivity index (χ1n) is 9.57. The number of nitrogens with zero attached hydrogens (tertiary/aromatic N) is 2. The van der Waals surface area contributed by atoms with Crippen LogP contribution in [-0.4, -0.2) is 32.2 Å². The van der Waals surface area contributed by atoms with Crippen LogP contribution in [0.4, 0.5) is 5.13 Å². The molecule has 1 aromatic heterocycles. The number of aromatic nitrogens is 1. The number of sulfone groups is 1. The van der Waals surface area contributed by atoms with Gasteiger partial charge in [0.05, 0.1) is 21.7 Å². The van der Waals surface area contributed by atoms with Crippen LogP contribution in [0.5, 0.6) is 5.75 Å². The van der Waals surface area contributed by atoms with Gasteiger partial charge in [0.2, 0.25) is 0 Å². The van der Waals surface area contributed by atoms with Crippen molar-refractivity contribution in [3.63, 3.8) is 0 Å². The van der Waals surface area contributed by atoms with Crippen LogP contribution in [0.3, 0.4) is 0 Å². The van der Waals surface area contributed by atoms with Crippen LogP contribution in [0.2, 0.25) is 0 Å². The summed E-state index contributed by atoms with van der Waals surface area (Å²) < 4.78 is 29.7. The number of carbonyl (C=O) groups excluding carboxylic acids is 1. The summed E-state index contributed by atoms with van der Waals surface area (Å²) in [5.74, 6) is 0.143. The fourth-order valence-electron chi connectivity index (χ4n) is 2.66. The van der Waals surface area contributed by atoms with Crippen molar-refractivity contribution < 1.29 is 17.9 Å². The third kappa shape index (κ3) is 5.90. The highest BCUT2D eigenvalue weighted by molar-refractivity contribution is 7.90. The standard InChI is InChI=1S/C22H21N3O4S2/c1-3-4-11-29-17-7-5-15(6-8-17)12-16(14-23)21(26)25-22-24-19-10-9-18(31(2,27)28)13-20(19)30-22/h5-10,12-13H,3-4,11H2,1-2H3,(H,24,25,26)/b16-12+. The van der Waals surface area contributed by atoms with E-state index in [2.05, 4.69) is 17.2 Å². The number of anilines is 1. The van der Waals surface area contributed by atoms with Crippen molar-refractivity contribution in [3.05, 3.63) is 53.6 Å². The lowest BCUT2D eigenvalue weighted by Crippen LogP contribution is -2.13. The highest BCUT2D eigenvalue weighted by Crippen LogP contribution is 2.28. The second-order valence-electron chi connectivity index (χ2n) is 6.82. The lowest BCUT2D eigenvalue weighted by molar-refractivity contribution is -0.112. The summed E-state index contributed by atoms with van der Waals surface area (Å²) in [5, 5.41) is 12.3. The minimum Gasteiger partial charge on any atom is -0.494 e. The number of hydrogen-bond donors (Lipinski definition) is 1. The van der Waals surface area contributed by atoms with Crippen molar-refractivity contribution in [2.24, 2.45) is 0 Å². The molecule has 0 unspecified atom stereocenters. The maximum atomic E-state index is 12.5. The number of ether oxygens (including phenoxy) is 1. The number of rotatable bonds is 8. The Balaban J connectivity index is 1.74. The first kappa shape index (κ1) is 22.5. The number of benzene rings is 2. The number of unbranched alkanes of at least 4 members (excludes halogenated alkanes) is 1. The first-order chi connectivity index (χ1) is 14.8. The van der Waals surface area contributed by atoms with Gasteiger partial charge < -0.3 is 4.74 Å². The minimum atomic E-state index is -3.34. The maximum Gasteiger partial charge on any atom is 0.268 e. The molecule has 0 aliphatic carbocycles. The molecule has 0 radical (unpaired) electrons. The van der Waals surface area contributed by atoms with Gasteiger partial charge in [0.1, 0.15) is 17.4 Å². The largest absolute Gasteiger partial charge is 0.494 e. The minimum absolute atomic E-state index is 0.0734. The molecule has 160 valence electrons. The number of amides is 1. The molecular weight excluding hydrogens is 434 g/mol. The molecule has 0 saturated heterocycles. The van der Waals surface area contributed by atoms with E-state index in [-0.39, 0.29) is 15.6 Å². The predicted molar refractivity (Wildman–Crippen MR) is 122 cm³/mol. The van der Waals surface area contributed by atoms with Crippen molar-refractivity contribution in [1.82, 2.24) is 4.98 Å². The van der Waals surface area contributed by atoms with E-state index in [9.17, 15) is 18.5 Å². The monoisotopic (exact) mass is 455 g/mol. The van der Waals surface area contributed by atoms with Gasteiger partial charge in [-0.05, 0) is 48.4 Å². The molecule has 0 spiro atoms. The van der Waals surface area contributed by atoms with Gasteiger partial charge in [0.15, 0.2) is 15.0 Å². The third-order valence-corrected chi connectivity index (χ3v) is 6.38. The maximum absolute atomic E-state index is 12.5. The topological polar surface area (TPSA) is 109 Å². The Morgan fingerprint density at radius 2 is 2.00 bits per heavy atom. The molecule has 0 atom stereocenters. The van der Waals surface area contributed by atoms with Gasteiger partial charge >= 0.3 is 0 Å². The fourth-order valence-corrected chi connectivity index (χ4v) is 4.29. The second kappa shape index (κ2) is 9.73. The van der Waals surface area contributed by atoms with Crippen LogP contribution >= 0.6 is 11.3 Å². The highest BCUT2D eigenvalue weighted by Gasteiger charge is 2.14. The Kier molecular flexibility index (Phi) is 7.05. The normalized spacial score (nSPS) is 11.8. The van der Waals surface area contributed by atoms with Gasteiger partial charge in [-0.25, -0.2) is 13.4 Å². The van der Waals surface area contributed by atoms with E-state index in [0.29, 0.717) is 22.4 Å². The molecule has 2 aromatic carbocycles. The molecule has 0 bridgehead atoms. The SMILES string of the molecule is CCCCOc1ccc(/C=C(\C#N)C(=O)Nc2nc3ccc(S(C)(=O)=O)cc3s2)cc1. The Hall–Kier alpha value is -3.22. The van der Waals surface area contributed by atoms with Gasteiger partial charge in [-0.1, -0.05) is 36.8 Å². The van der Waals surface area contributed by atoms with Gasteiger partial charge in [-0.2, -0.15) is 5.26 Å². The summed E-state index contributed by atoms with van der Waals surface area (Å²) in [5.41, 5.74) is 1.18. The Morgan fingerprint density at radius 1 is 1.26 bits per heavy atom. The van der Waals surface area contributed by atoms with Gasteiger partial charge in [0.25, 0.3) is 5.91 Å². The number of carbonyl (C=O) groups is 1. The number of hydrogen-bond acceptors (Lipinski definition) is 7. The zero-order chi connectivity index (χ0) is 22.4.